The zero-order chi connectivity index (χ0) is 8.97. The van der Waals surface area contributed by atoms with E-state index in [1.165, 1.54) is 5.56 Å². The Hall–Kier alpha value is -1.37. The second-order valence-corrected chi connectivity index (χ2v) is 2.64. The van der Waals surface area contributed by atoms with Crippen LogP contribution in [0.15, 0.2) is 24.8 Å². The van der Waals surface area contributed by atoms with E-state index in [4.69, 9.17) is 0 Å². The van der Waals surface area contributed by atoms with Crippen LogP contribution in [0.5, 0.6) is 0 Å². The predicted octanol–water partition coefficient (Wildman–Crippen LogP) is 2.70. The first kappa shape index (κ1) is 8.72. The van der Waals surface area contributed by atoms with Crippen LogP contribution in [-0.2, 0) is 6.42 Å². The van der Waals surface area contributed by atoms with Crippen LogP contribution in [0.3, 0.4) is 0 Å². The molecule has 0 saturated heterocycles. The maximum Gasteiger partial charge on any atom is 0.150 e. The molecule has 1 aromatic rings. The minimum atomic E-state index is 0.710. The van der Waals surface area contributed by atoms with E-state index in [2.05, 4.69) is 13.5 Å². The number of benzene rings is 1. The monoisotopic (exact) mass is 160 g/mol. The van der Waals surface area contributed by atoms with Crippen molar-refractivity contribution < 1.29 is 4.79 Å². The zero-order valence-electron chi connectivity index (χ0n) is 7.21. The molecule has 12 heavy (non-hydrogen) atoms. The summed E-state index contributed by atoms with van der Waals surface area (Å²) >= 11 is 0. The van der Waals surface area contributed by atoms with Crippen molar-refractivity contribution in [2.45, 2.75) is 13.3 Å². The summed E-state index contributed by atoms with van der Waals surface area (Å²) in [5, 5.41) is 0. The lowest BCUT2D eigenvalue weighted by atomic mass is 10.0. The average Bonchev–Trinajstić information content (AvgIpc) is 2.16. The van der Waals surface area contributed by atoms with Gasteiger partial charge in [0.05, 0.1) is 0 Å². The minimum Gasteiger partial charge on any atom is -0.298 e. The van der Waals surface area contributed by atoms with E-state index in [1.54, 1.807) is 6.08 Å². The number of carbonyl (C=O) groups is 1. The molecule has 0 spiro atoms. The Balaban J connectivity index is 3.18. The van der Waals surface area contributed by atoms with E-state index in [9.17, 15) is 4.79 Å². The lowest BCUT2D eigenvalue weighted by Gasteiger charge is -2.01. The number of rotatable bonds is 3. The van der Waals surface area contributed by atoms with Gasteiger partial charge in [-0.25, -0.2) is 0 Å². The lowest BCUT2D eigenvalue weighted by Crippen LogP contribution is -1.88. The fourth-order valence-corrected chi connectivity index (χ4v) is 1.13. The molecule has 1 heteroatoms. The van der Waals surface area contributed by atoms with Gasteiger partial charge in [0.25, 0.3) is 0 Å². The Bertz CT molecular complexity index is 300. The Morgan fingerprint density at radius 1 is 1.42 bits per heavy atom. The third-order valence-corrected chi connectivity index (χ3v) is 1.91. The van der Waals surface area contributed by atoms with E-state index >= 15 is 0 Å². The van der Waals surface area contributed by atoms with Crippen molar-refractivity contribution >= 4 is 12.4 Å². The molecule has 1 nitrogen and oxygen atoms in total. The maximum absolute atomic E-state index is 10.5. The second kappa shape index (κ2) is 3.86. The van der Waals surface area contributed by atoms with Crippen molar-refractivity contribution in [3.63, 3.8) is 0 Å². The first-order valence-electron chi connectivity index (χ1n) is 4.02. The molecule has 0 N–H and O–H groups in total. The third kappa shape index (κ3) is 1.62. The average molecular weight is 160 g/mol. The maximum atomic E-state index is 10.5. The number of hydrogen-bond donors (Lipinski definition) is 0. The molecule has 0 unspecified atom stereocenters. The number of carbonyl (C=O) groups excluding carboxylic acids is 1. The van der Waals surface area contributed by atoms with Gasteiger partial charge in [0, 0.05) is 5.56 Å². The van der Waals surface area contributed by atoms with Crippen molar-refractivity contribution in [1.29, 1.82) is 0 Å². The molecule has 0 aliphatic heterocycles. The first-order chi connectivity index (χ1) is 5.81. The van der Waals surface area contributed by atoms with E-state index in [0.29, 0.717) is 5.56 Å². The highest BCUT2D eigenvalue weighted by Gasteiger charge is 1.97. The molecule has 62 valence electrons. The smallest absolute Gasteiger partial charge is 0.150 e. The van der Waals surface area contributed by atoms with Gasteiger partial charge in [-0.05, 0) is 17.5 Å². The van der Waals surface area contributed by atoms with Gasteiger partial charge in [-0.1, -0.05) is 37.8 Å². The molecule has 0 radical (unpaired) electrons. The van der Waals surface area contributed by atoms with Gasteiger partial charge in [0.2, 0.25) is 0 Å². The van der Waals surface area contributed by atoms with E-state index in [1.807, 2.05) is 18.2 Å². The van der Waals surface area contributed by atoms with Gasteiger partial charge < -0.3 is 0 Å². The summed E-state index contributed by atoms with van der Waals surface area (Å²) < 4.78 is 0. The zero-order valence-corrected chi connectivity index (χ0v) is 7.21. The number of aryl methyl sites for hydroxylation is 1. The fourth-order valence-electron chi connectivity index (χ4n) is 1.13. The molecule has 0 aromatic heterocycles. The van der Waals surface area contributed by atoms with Gasteiger partial charge in [-0.15, -0.1) is 0 Å². The Labute approximate surface area is 72.7 Å². The summed E-state index contributed by atoms with van der Waals surface area (Å²) in [6.07, 6.45) is 3.55. The number of aldehydes is 1. The molecule has 1 aromatic carbocycles. The van der Waals surface area contributed by atoms with Crippen molar-refractivity contribution in [1.82, 2.24) is 0 Å². The van der Waals surface area contributed by atoms with Gasteiger partial charge >= 0.3 is 0 Å². The van der Waals surface area contributed by atoms with Crippen LogP contribution in [0, 0.1) is 0 Å². The fraction of sp³-hybridized carbons (Fsp3) is 0.182. The van der Waals surface area contributed by atoms with Gasteiger partial charge in [0.15, 0.2) is 6.29 Å². The standard InChI is InChI=1S/C11H12O/c1-3-9-5-6-11(8-12)10(4-2)7-9/h4-8H,2-3H2,1H3. The van der Waals surface area contributed by atoms with Crippen LogP contribution in [0.2, 0.25) is 0 Å². The molecular formula is C11H12O. The van der Waals surface area contributed by atoms with E-state index in [0.717, 1.165) is 18.3 Å². The highest BCUT2D eigenvalue weighted by atomic mass is 16.1. The van der Waals surface area contributed by atoms with Crippen LogP contribution in [-0.4, -0.2) is 6.29 Å². The molecule has 0 heterocycles. The molecule has 1 rings (SSSR count). The van der Waals surface area contributed by atoms with E-state index in [-0.39, 0.29) is 0 Å². The lowest BCUT2D eigenvalue weighted by molar-refractivity contribution is 0.112. The summed E-state index contributed by atoms with van der Waals surface area (Å²) in [6.45, 7) is 5.74. The van der Waals surface area contributed by atoms with Crippen molar-refractivity contribution in [2.75, 3.05) is 0 Å². The summed E-state index contributed by atoms with van der Waals surface area (Å²) in [7, 11) is 0. The van der Waals surface area contributed by atoms with E-state index < -0.39 is 0 Å². The van der Waals surface area contributed by atoms with Crippen LogP contribution < -0.4 is 0 Å². The molecule has 0 amide bonds. The van der Waals surface area contributed by atoms with Crippen molar-refractivity contribution in [3.05, 3.63) is 41.5 Å². The van der Waals surface area contributed by atoms with Gasteiger partial charge in [-0.2, -0.15) is 0 Å². The van der Waals surface area contributed by atoms with Gasteiger partial charge in [-0.3, -0.25) is 4.79 Å². The molecule has 0 aliphatic rings. The van der Waals surface area contributed by atoms with Crippen LogP contribution in [0.25, 0.3) is 6.08 Å². The number of hydrogen-bond acceptors (Lipinski definition) is 1. The molecule has 0 fully saturated rings. The van der Waals surface area contributed by atoms with Crippen LogP contribution in [0.1, 0.15) is 28.4 Å². The molecule has 0 bridgehead atoms. The highest BCUT2D eigenvalue weighted by molar-refractivity contribution is 5.81. The summed E-state index contributed by atoms with van der Waals surface area (Å²) in [6, 6.07) is 5.80. The normalized spacial score (nSPS) is 9.42. The van der Waals surface area contributed by atoms with Crippen LogP contribution in [0.4, 0.5) is 0 Å². The first-order valence-corrected chi connectivity index (χ1v) is 4.02. The van der Waals surface area contributed by atoms with Crippen molar-refractivity contribution in [2.24, 2.45) is 0 Å². The predicted molar refractivity (Wildman–Crippen MR) is 51.3 cm³/mol. The Morgan fingerprint density at radius 2 is 2.17 bits per heavy atom. The quantitative estimate of drug-likeness (QED) is 0.621. The largest absolute Gasteiger partial charge is 0.298 e. The molecule has 0 saturated carbocycles. The highest BCUT2D eigenvalue weighted by Crippen LogP contribution is 2.11. The molecule has 0 atom stereocenters. The molecule has 0 aliphatic carbocycles. The SMILES string of the molecule is C=Cc1cc(CC)ccc1C=O. The Kier molecular flexibility index (Phi) is 2.81. The molecular weight excluding hydrogens is 148 g/mol. The third-order valence-electron chi connectivity index (χ3n) is 1.91. The second-order valence-electron chi connectivity index (χ2n) is 2.64. The summed E-state index contributed by atoms with van der Waals surface area (Å²) in [5.74, 6) is 0. The summed E-state index contributed by atoms with van der Waals surface area (Å²) in [5.41, 5.74) is 2.86. The van der Waals surface area contributed by atoms with Crippen molar-refractivity contribution in [3.8, 4) is 0 Å². The minimum absolute atomic E-state index is 0.710. The summed E-state index contributed by atoms with van der Waals surface area (Å²) in [4.78, 5) is 10.5. The Morgan fingerprint density at radius 3 is 2.67 bits per heavy atom. The van der Waals surface area contributed by atoms with Gasteiger partial charge in [0.1, 0.15) is 0 Å². The topological polar surface area (TPSA) is 17.1 Å². The van der Waals surface area contributed by atoms with Crippen LogP contribution >= 0.6 is 0 Å².